The zero-order valence-electron chi connectivity index (χ0n) is 10.7. The highest BCUT2D eigenvalue weighted by molar-refractivity contribution is 5.25. The normalized spacial score (nSPS) is 11.8. The van der Waals surface area contributed by atoms with E-state index < -0.39 is 0 Å². The maximum atomic E-state index is 5.91. The van der Waals surface area contributed by atoms with Crippen LogP contribution in [0.25, 0.3) is 0 Å². The molecule has 0 spiro atoms. The third kappa shape index (κ3) is 5.29. The van der Waals surface area contributed by atoms with Gasteiger partial charge in [0.15, 0.2) is 0 Å². The molecule has 1 aromatic rings. The molecule has 0 fully saturated rings. The van der Waals surface area contributed by atoms with Gasteiger partial charge < -0.3 is 11.1 Å². The Bertz CT molecular complexity index is 313. The molecule has 0 atom stereocenters. The van der Waals surface area contributed by atoms with Crippen LogP contribution in [0.3, 0.4) is 0 Å². The van der Waals surface area contributed by atoms with Crippen LogP contribution in [-0.4, -0.2) is 18.6 Å². The largest absolute Gasteiger partial charge is 0.326 e. The predicted octanol–water partition coefficient (Wildman–Crippen LogP) is 2.25. The summed E-state index contributed by atoms with van der Waals surface area (Å²) in [7, 11) is 0. The number of nitrogens with two attached hydrogens (primary N) is 1. The first-order valence-electron chi connectivity index (χ1n) is 6.03. The second kappa shape index (κ2) is 6.02. The molecule has 0 radical (unpaired) electrons. The van der Waals surface area contributed by atoms with Crippen molar-refractivity contribution in [1.29, 1.82) is 0 Å². The number of aryl methyl sites for hydroxylation is 1. The summed E-state index contributed by atoms with van der Waals surface area (Å²) >= 11 is 0. The smallest absolute Gasteiger partial charge is 0.0109 e. The van der Waals surface area contributed by atoms with E-state index in [1.807, 2.05) is 0 Å². The van der Waals surface area contributed by atoms with E-state index in [1.165, 1.54) is 11.1 Å². The quantitative estimate of drug-likeness (QED) is 0.722. The van der Waals surface area contributed by atoms with Gasteiger partial charge in [-0.25, -0.2) is 0 Å². The molecular weight excluding hydrogens is 196 g/mol. The summed E-state index contributed by atoms with van der Waals surface area (Å²) in [6.45, 7) is 8.32. The number of hydrogen-bond acceptors (Lipinski definition) is 2. The van der Waals surface area contributed by atoms with Gasteiger partial charge in [0.25, 0.3) is 0 Å². The molecule has 0 aliphatic rings. The minimum Gasteiger partial charge on any atom is -0.326 e. The van der Waals surface area contributed by atoms with E-state index in [1.54, 1.807) is 0 Å². The van der Waals surface area contributed by atoms with Gasteiger partial charge in [-0.1, -0.05) is 24.3 Å². The van der Waals surface area contributed by atoms with E-state index >= 15 is 0 Å². The molecular formula is C14H24N2. The lowest BCUT2D eigenvalue weighted by Crippen LogP contribution is -2.36. The van der Waals surface area contributed by atoms with Crippen molar-refractivity contribution in [3.63, 3.8) is 0 Å². The molecule has 0 aliphatic heterocycles. The molecule has 0 saturated heterocycles. The topological polar surface area (TPSA) is 38.0 Å². The Morgan fingerprint density at radius 2 is 1.88 bits per heavy atom. The van der Waals surface area contributed by atoms with Crippen LogP contribution in [0.5, 0.6) is 0 Å². The van der Waals surface area contributed by atoms with Gasteiger partial charge in [-0.3, -0.25) is 0 Å². The van der Waals surface area contributed by atoms with E-state index in [2.05, 4.69) is 50.4 Å². The minimum atomic E-state index is -0.0599. The van der Waals surface area contributed by atoms with Gasteiger partial charge in [0, 0.05) is 5.54 Å². The number of benzene rings is 1. The molecule has 2 heteroatoms. The summed E-state index contributed by atoms with van der Waals surface area (Å²) in [5.74, 6) is 0. The zero-order valence-corrected chi connectivity index (χ0v) is 10.7. The van der Waals surface area contributed by atoms with Gasteiger partial charge in [-0.2, -0.15) is 0 Å². The summed E-state index contributed by atoms with van der Waals surface area (Å²) in [5, 5.41) is 3.44. The summed E-state index contributed by atoms with van der Waals surface area (Å²) < 4.78 is 0. The first kappa shape index (κ1) is 13.2. The SMILES string of the molecule is Cc1ccccc1CCNCCC(C)(C)N. The third-order valence-electron chi connectivity index (χ3n) is 2.78. The lowest BCUT2D eigenvalue weighted by atomic mass is 10.0. The molecule has 0 heterocycles. The lowest BCUT2D eigenvalue weighted by Gasteiger charge is -2.18. The van der Waals surface area contributed by atoms with Crippen molar-refractivity contribution >= 4 is 0 Å². The van der Waals surface area contributed by atoms with Crippen LogP contribution in [0, 0.1) is 6.92 Å². The summed E-state index contributed by atoms with van der Waals surface area (Å²) in [6.07, 6.45) is 2.11. The van der Waals surface area contributed by atoms with E-state index in [0.717, 1.165) is 25.9 Å². The number of hydrogen-bond donors (Lipinski definition) is 2. The molecule has 1 rings (SSSR count). The van der Waals surface area contributed by atoms with E-state index in [0.29, 0.717) is 0 Å². The average molecular weight is 220 g/mol. The van der Waals surface area contributed by atoms with Gasteiger partial charge in [0.1, 0.15) is 0 Å². The van der Waals surface area contributed by atoms with Crippen LogP contribution in [0.1, 0.15) is 31.4 Å². The molecule has 0 bridgehead atoms. The second-order valence-corrected chi connectivity index (χ2v) is 5.17. The highest BCUT2D eigenvalue weighted by atomic mass is 14.9. The van der Waals surface area contributed by atoms with Crippen molar-refractivity contribution in [1.82, 2.24) is 5.32 Å². The summed E-state index contributed by atoms with van der Waals surface area (Å²) in [5.41, 5.74) is 8.66. The molecule has 0 amide bonds. The standard InChI is InChI=1S/C14H24N2/c1-12-6-4-5-7-13(12)8-10-16-11-9-14(2,3)15/h4-7,16H,8-11,15H2,1-3H3. The Morgan fingerprint density at radius 1 is 1.19 bits per heavy atom. The second-order valence-electron chi connectivity index (χ2n) is 5.17. The first-order chi connectivity index (χ1) is 7.49. The minimum absolute atomic E-state index is 0.0599. The first-order valence-corrected chi connectivity index (χ1v) is 6.03. The van der Waals surface area contributed by atoms with Crippen molar-refractivity contribution < 1.29 is 0 Å². The molecule has 0 unspecified atom stereocenters. The molecule has 3 N–H and O–H groups in total. The molecule has 1 aromatic carbocycles. The monoisotopic (exact) mass is 220 g/mol. The van der Waals surface area contributed by atoms with Gasteiger partial charge >= 0.3 is 0 Å². The number of nitrogens with one attached hydrogen (secondary N) is 1. The van der Waals surface area contributed by atoms with Crippen LogP contribution < -0.4 is 11.1 Å². The molecule has 90 valence electrons. The van der Waals surface area contributed by atoms with Crippen molar-refractivity contribution in [2.75, 3.05) is 13.1 Å². The van der Waals surface area contributed by atoms with Gasteiger partial charge in [0.05, 0.1) is 0 Å². The maximum Gasteiger partial charge on any atom is 0.0109 e. The predicted molar refractivity (Wildman–Crippen MR) is 70.6 cm³/mol. The zero-order chi connectivity index (χ0) is 12.0. The Hall–Kier alpha value is -0.860. The maximum absolute atomic E-state index is 5.91. The third-order valence-corrected chi connectivity index (χ3v) is 2.78. The van der Waals surface area contributed by atoms with Gasteiger partial charge in [0.2, 0.25) is 0 Å². The van der Waals surface area contributed by atoms with Gasteiger partial charge in [-0.15, -0.1) is 0 Å². The Labute approximate surface area is 99.2 Å². The summed E-state index contributed by atoms with van der Waals surface area (Å²) in [4.78, 5) is 0. The fourth-order valence-corrected chi connectivity index (χ4v) is 1.65. The van der Waals surface area contributed by atoms with Crippen molar-refractivity contribution in [2.24, 2.45) is 5.73 Å². The highest BCUT2D eigenvalue weighted by Crippen LogP contribution is 2.07. The molecule has 0 aliphatic carbocycles. The van der Waals surface area contributed by atoms with Crippen LogP contribution >= 0.6 is 0 Å². The van der Waals surface area contributed by atoms with Crippen LogP contribution in [-0.2, 0) is 6.42 Å². The van der Waals surface area contributed by atoms with Gasteiger partial charge in [-0.05, 0) is 57.8 Å². The molecule has 16 heavy (non-hydrogen) atoms. The van der Waals surface area contributed by atoms with Crippen molar-refractivity contribution in [3.8, 4) is 0 Å². The summed E-state index contributed by atoms with van der Waals surface area (Å²) in [6, 6.07) is 8.55. The fourth-order valence-electron chi connectivity index (χ4n) is 1.65. The van der Waals surface area contributed by atoms with Crippen LogP contribution in [0.15, 0.2) is 24.3 Å². The molecule has 0 saturated carbocycles. The lowest BCUT2D eigenvalue weighted by molar-refractivity contribution is 0.456. The van der Waals surface area contributed by atoms with Crippen molar-refractivity contribution in [2.45, 2.75) is 39.2 Å². The van der Waals surface area contributed by atoms with E-state index in [4.69, 9.17) is 5.73 Å². The molecule has 2 nitrogen and oxygen atoms in total. The highest BCUT2D eigenvalue weighted by Gasteiger charge is 2.08. The van der Waals surface area contributed by atoms with Crippen LogP contribution in [0.2, 0.25) is 0 Å². The fraction of sp³-hybridized carbons (Fsp3) is 0.571. The average Bonchev–Trinajstić information content (AvgIpc) is 2.18. The van der Waals surface area contributed by atoms with E-state index in [9.17, 15) is 0 Å². The number of rotatable bonds is 6. The van der Waals surface area contributed by atoms with Crippen LogP contribution in [0.4, 0.5) is 0 Å². The van der Waals surface area contributed by atoms with E-state index in [-0.39, 0.29) is 5.54 Å². The Morgan fingerprint density at radius 3 is 2.50 bits per heavy atom. The Balaban J connectivity index is 2.19. The molecule has 0 aromatic heterocycles. The van der Waals surface area contributed by atoms with Crippen molar-refractivity contribution in [3.05, 3.63) is 35.4 Å². The Kier molecular flexibility index (Phi) is 4.97.